The molecule has 2 saturated heterocycles. The van der Waals surface area contributed by atoms with Crippen LogP contribution in [0.4, 0.5) is 15.0 Å². The molecule has 3 heterocycles. The molecule has 7 nitrogen and oxygen atoms in total. The van der Waals surface area contributed by atoms with Gasteiger partial charge in [-0.2, -0.15) is 0 Å². The largest absolute Gasteiger partial charge is 0.481 e. The molecule has 4 rings (SSSR count). The van der Waals surface area contributed by atoms with Crippen molar-refractivity contribution in [1.29, 1.82) is 0 Å². The lowest BCUT2D eigenvalue weighted by molar-refractivity contribution is 0.135. The van der Waals surface area contributed by atoms with E-state index in [1.807, 2.05) is 0 Å². The molecule has 1 aromatic carbocycles. The van der Waals surface area contributed by atoms with E-state index in [0.29, 0.717) is 25.5 Å². The quantitative estimate of drug-likeness (QED) is 0.775. The number of anilines is 1. The highest BCUT2D eigenvalue weighted by Gasteiger charge is 2.47. The minimum Gasteiger partial charge on any atom is -0.481 e. The second kappa shape index (κ2) is 7.38. The third-order valence-corrected chi connectivity index (χ3v) is 5.06. The van der Waals surface area contributed by atoms with E-state index in [1.54, 1.807) is 30.2 Å². The van der Waals surface area contributed by atoms with E-state index in [1.165, 1.54) is 18.5 Å². The van der Waals surface area contributed by atoms with Crippen LogP contribution >= 0.6 is 0 Å². The highest BCUT2D eigenvalue weighted by Crippen LogP contribution is 2.30. The van der Waals surface area contributed by atoms with E-state index in [-0.39, 0.29) is 24.1 Å². The van der Waals surface area contributed by atoms with Crippen molar-refractivity contribution in [2.45, 2.75) is 25.0 Å². The molecule has 0 radical (unpaired) electrons. The number of ether oxygens (including phenoxy) is 2. The standard InChI is InChI=1S/C19H21FN4O3/c1-26-18-9-17(21-12-22-18)23-10-15-16(11-23)27-19(25)24(15)8-2-3-13-4-6-14(20)7-5-13/h4-7,9,12,15-16H,2-3,8,10-11H2,1H3/t15-,16+/m0/s1. The molecule has 0 bridgehead atoms. The Bertz CT molecular complexity index is 817. The number of hydrogen-bond donors (Lipinski definition) is 0. The predicted molar refractivity (Wildman–Crippen MR) is 96.3 cm³/mol. The average Bonchev–Trinajstić information content (AvgIpc) is 3.21. The summed E-state index contributed by atoms with van der Waals surface area (Å²) in [5.74, 6) is 1.03. The Morgan fingerprint density at radius 3 is 2.85 bits per heavy atom. The van der Waals surface area contributed by atoms with Crippen LogP contribution in [0.5, 0.6) is 5.88 Å². The molecule has 0 aliphatic carbocycles. The van der Waals surface area contributed by atoms with Crippen LogP contribution in [-0.2, 0) is 11.2 Å². The number of carbonyl (C=O) groups excluding carboxylic acids is 1. The van der Waals surface area contributed by atoms with Gasteiger partial charge in [0.1, 0.15) is 24.1 Å². The number of carbonyl (C=O) groups is 1. The second-order valence-corrected chi connectivity index (χ2v) is 6.74. The Morgan fingerprint density at radius 1 is 1.26 bits per heavy atom. The molecular weight excluding hydrogens is 351 g/mol. The van der Waals surface area contributed by atoms with Gasteiger partial charge >= 0.3 is 6.09 Å². The average molecular weight is 372 g/mol. The summed E-state index contributed by atoms with van der Waals surface area (Å²) < 4.78 is 23.7. The SMILES string of the molecule is COc1cc(N2C[C@H]3OC(=O)N(CCCc4ccc(F)cc4)[C@H]3C2)ncn1. The van der Waals surface area contributed by atoms with Crippen LogP contribution in [-0.4, -0.2) is 59.9 Å². The summed E-state index contributed by atoms with van der Waals surface area (Å²) in [5.41, 5.74) is 1.06. The first kappa shape index (κ1) is 17.5. The molecule has 2 aliphatic heterocycles. The predicted octanol–water partition coefficient (Wildman–Crippen LogP) is 2.27. The van der Waals surface area contributed by atoms with Crippen LogP contribution in [0.15, 0.2) is 36.7 Å². The summed E-state index contributed by atoms with van der Waals surface area (Å²) in [6.07, 6.45) is 2.63. The number of methoxy groups -OCH3 is 1. The lowest BCUT2D eigenvalue weighted by atomic mass is 10.1. The highest BCUT2D eigenvalue weighted by molar-refractivity contribution is 5.71. The first-order valence-electron chi connectivity index (χ1n) is 8.97. The van der Waals surface area contributed by atoms with Crippen LogP contribution in [0.3, 0.4) is 0 Å². The van der Waals surface area contributed by atoms with Gasteiger partial charge in [0.25, 0.3) is 0 Å². The van der Waals surface area contributed by atoms with Gasteiger partial charge in [-0.1, -0.05) is 12.1 Å². The van der Waals surface area contributed by atoms with Gasteiger partial charge in [0.15, 0.2) is 0 Å². The molecule has 8 heteroatoms. The Balaban J connectivity index is 1.37. The van der Waals surface area contributed by atoms with E-state index in [0.717, 1.165) is 24.2 Å². The number of fused-ring (bicyclic) bond motifs is 1. The van der Waals surface area contributed by atoms with E-state index in [4.69, 9.17) is 9.47 Å². The molecule has 1 amide bonds. The zero-order valence-corrected chi connectivity index (χ0v) is 15.0. The van der Waals surface area contributed by atoms with Gasteiger partial charge < -0.3 is 14.4 Å². The van der Waals surface area contributed by atoms with Gasteiger partial charge in [0.05, 0.1) is 19.7 Å². The molecule has 2 atom stereocenters. The van der Waals surface area contributed by atoms with Gasteiger partial charge in [-0.3, -0.25) is 4.90 Å². The van der Waals surface area contributed by atoms with Gasteiger partial charge in [0.2, 0.25) is 5.88 Å². The number of nitrogens with zero attached hydrogens (tertiary/aromatic N) is 4. The van der Waals surface area contributed by atoms with Crippen LogP contribution in [0.2, 0.25) is 0 Å². The zero-order chi connectivity index (χ0) is 18.8. The summed E-state index contributed by atoms with van der Waals surface area (Å²) >= 11 is 0. The van der Waals surface area contributed by atoms with E-state index in [2.05, 4.69) is 14.9 Å². The molecule has 2 aromatic rings. The monoisotopic (exact) mass is 372 g/mol. The third-order valence-electron chi connectivity index (χ3n) is 5.06. The van der Waals surface area contributed by atoms with Crippen molar-refractivity contribution in [2.75, 3.05) is 31.6 Å². The minimum absolute atomic E-state index is 0.00618. The van der Waals surface area contributed by atoms with Crippen molar-refractivity contribution in [3.63, 3.8) is 0 Å². The van der Waals surface area contributed by atoms with Gasteiger partial charge in [-0.15, -0.1) is 0 Å². The maximum atomic E-state index is 13.0. The number of rotatable bonds is 6. The number of aryl methyl sites for hydroxylation is 1. The Kier molecular flexibility index (Phi) is 4.79. The summed E-state index contributed by atoms with van der Waals surface area (Å²) in [6, 6.07) is 8.26. The lowest BCUT2D eigenvalue weighted by Gasteiger charge is -2.23. The van der Waals surface area contributed by atoms with Crippen molar-refractivity contribution < 1.29 is 18.7 Å². The molecule has 0 N–H and O–H groups in total. The Labute approximate surface area is 156 Å². The number of amides is 1. The van der Waals surface area contributed by atoms with Crippen LogP contribution in [0, 0.1) is 5.82 Å². The van der Waals surface area contributed by atoms with Crippen molar-refractivity contribution in [2.24, 2.45) is 0 Å². The topological polar surface area (TPSA) is 67.8 Å². The normalized spacial score (nSPS) is 21.3. The minimum atomic E-state index is -0.260. The maximum absolute atomic E-state index is 13.0. The van der Waals surface area contributed by atoms with E-state index in [9.17, 15) is 9.18 Å². The van der Waals surface area contributed by atoms with Gasteiger partial charge in [-0.25, -0.2) is 19.2 Å². The molecule has 1 aromatic heterocycles. The van der Waals surface area contributed by atoms with Crippen LogP contribution in [0.1, 0.15) is 12.0 Å². The number of hydrogen-bond acceptors (Lipinski definition) is 6. The van der Waals surface area contributed by atoms with Crippen molar-refractivity contribution >= 4 is 11.9 Å². The molecular formula is C19H21FN4O3. The molecule has 0 saturated carbocycles. The molecule has 142 valence electrons. The van der Waals surface area contributed by atoms with Gasteiger partial charge in [-0.05, 0) is 30.5 Å². The molecule has 0 unspecified atom stereocenters. The van der Waals surface area contributed by atoms with Gasteiger partial charge in [0, 0.05) is 19.2 Å². The number of halogens is 1. The lowest BCUT2D eigenvalue weighted by Crippen LogP contribution is -2.38. The zero-order valence-electron chi connectivity index (χ0n) is 15.0. The summed E-state index contributed by atoms with van der Waals surface area (Å²) in [5, 5.41) is 0. The third kappa shape index (κ3) is 3.65. The molecule has 0 spiro atoms. The maximum Gasteiger partial charge on any atom is 0.410 e. The summed E-state index contributed by atoms with van der Waals surface area (Å²) in [7, 11) is 1.56. The molecule has 2 fully saturated rings. The van der Waals surface area contributed by atoms with Crippen LogP contribution in [0.25, 0.3) is 0 Å². The summed E-state index contributed by atoms with van der Waals surface area (Å²) in [6.45, 7) is 1.87. The second-order valence-electron chi connectivity index (χ2n) is 6.74. The summed E-state index contributed by atoms with van der Waals surface area (Å²) in [4.78, 5) is 24.4. The highest BCUT2D eigenvalue weighted by atomic mass is 19.1. The smallest absolute Gasteiger partial charge is 0.410 e. The fourth-order valence-electron chi connectivity index (χ4n) is 3.67. The first-order valence-corrected chi connectivity index (χ1v) is 8.97. The fraction of sp³-hybridized carbons (Fsp3) is 0.421. The number of benzene rings is 1. The fourth-order valence-corrected chi connectivity index (χ4v) is 3.67. The molecule has 27 heavy (non-hydrogen) atoms. The van der Waals surface area contributed by atoms with Crippen molar-refractivity contribution in [3.8, 4) is 5.88 Å². The Hall–Kier alpha value is -2.90. The number of aromatic nitrogens is 2. The van der Waals surface area contributed by atoms with E-state index < -0.39 is 0 Å². The van der Waals surface area contributed by atoms with Crippen LogP contribution < -0.4 is 9.64 Å². The van der Waals surface area contributed by atoms with E-state index >= 15 is 0 Å². The van der Waals surface area contributed by atoms with Crippen molar-refractivity contribution in [3.05, 3.63) is 48.0 Å². The van der Waals surface area contributed by atoms with Crippen molar-refractivity contribution in [1.82, 2.24) is 14.9 Å². The first-order chi connectivity index (χ1) is 13.1. The Morgan fingerprint density at radius 2 is 2.07 bits per heavy atom. The molecule has 2 aliphatic rings.